The largest absolute Gasteiger partial charge is 0.318 e. The Hall–Kier alpha value is -3.15. The molecule has 1 aromatic carbocycles. The second-order valence-electron chi connectivity index (χ2n) is 6.04. The van der Waals surface area contributed by atoms with E-state index in [0.29, 0.717) is 16.8 Å². The summed E-state index contributed by atoms with van der Waals surface area (Å²) in [6.45, 7) is 0. The number of nitrogens with zero attached hydrogens (tertiary/aromatic N) is 2. The summed E-state index contributed by atoms with van der Waals surface area (Å²) in [6.07, 6.45) is 3.35. The first kappa shape index (κ1) is 17.7. The molecule has 4 nitrogen and oxygen atoms in total. The van der Waals surface area contributed by atoms with Crippen molar-refractivity contribution in [3.8, 4) is 0 Å². The number of aryl methyl sites for hydroxylation is 1. The third kappa shape index (κ3) is 4.08. The van der Waals surface area contributed by atoms with Gasteiger partial charge in [-0.15, -0.1) is 0 Å². The Morgan fingerprint density at radius 3 is 2.62 bits per heavy atom. The Morgan fingerprint density at radius 2 is 1.92 bits per heavy atom. The number of pyridine rings is 2. The Kier molecular flexibility index (Phi) is 5.02. The lowest BCUT2D eigenvalue weighted by atomic mass is 10.0. The molecule has 0 fully saturated rings. The van der Waals surface area contributed by atoms with Crippen molar-refractivity contribution in [1.29, 1.82) is 0 Å². The first-order valence-corrected chi connectivity index (χ1v) is 8.00. The van der Waals surface area contributed by atoms with Gasteiger partial charge in [-0.1, -0.05) is 6.07 Å². The van der Waals surface area contributed by atoms with E-state index in [-0.39, 0.29) is 29.7 Å². The van der Waals surface area contributed by atoms with Crippen LogP contribution >= 0.6 is 0 Å². The van der Waals surface area contributed by atoms with Crippen LogP contribution in [-0.2, 0) is 19.9 Å². The molecule has 0 bridgehead atoms. The standard InChI is InChI=1S/C20H16F2N2O2/c1-24-12-14(3-7-20(24)26)19(25)10-17-5-2-13(11-23-17)8-15-9-16(21)4-6-18(15)22/h2-7,9,11-12H,8,10H2,1H3. The molecule has 3 aromatic rings. The summed E-state index contributed by atoms with van der Waals surface area (Å²) in [6, 6.07) is 9.59. The molecule has 0 radical (unpaired) electrons. The zero-order chi connectivity index (χ0) is 18.7. The van der Waals surface area contributed by atoms with Gasteiger partial charge >= 0.3 is 0 Å². The summed E-state index contributed by atoms with van der Waals surface area (Å²) >= 11 is 0. The van der Waals surface area contributed by atoms with Crippen LogP contribution in [0, 0.1) is 11.6 Å². The van der Waals surface area contributed by atoms with E-state index >= 15 is 0 Å². The molecule has 0 amide bonds. The predicted octanol–water partition coefficient (Wildman–Crippen LogP) is 3.07. The highest BCUT2D eigenvalue weighted by atomic mass is 19.1. The lowest BCUT2D eigenvalue weighted by Gasteiger charge is -2.06. The van der Waals surface area contributed by atoms with E-state index in [2.05, 4.69) is 4.98 Å². The Bertz CT molecular complexity index is 1010. The van der Waals surface area contributed by atoms with Crippen LogP contribution in [0.4, 0.5) is 8.78 Å². The van der Waals surface area contributed by atoms with Crippen LogP contribution in [0.15, 0.2) is 59.7 Å². The van der Waals surface area contributed by atoms with Gasteiger partial charge in [0.1, 0.15) is 11.6 Å². The van der Waals surface area contributed by atoms with Crippen molar-refractivity contribution in [1.82, 2.24) is 9.55 Å². The fourth-order valence-corrected chi connectivity index (χ4v) is 2.59. The molecule has 6 heteroatoms. The molecule has 132 valence electrons. The number of carbonyl (C=O) groups is 1. The third-order valence-corrected chi connectivity index (χ3v) is 4.04. The van der Waals surface area contributed by atoms with Crippen LogP contribution < -0.4 is 5.56 Å². The second kappa shape index (κ2) is 7.39. The number of rotatable bonds is 5. The van der Waals surface area contributed by atoms with Crippen LogP contribution in [0.25, 0.3) is 0 Å². The van der Waals surface area contributed by atoms with Crippen LogP contribution in [0.5, 0.6) is 0 Å². The van der Waals surface area contributed by atoms with Gasteiger partial charge in [-0.2, -0.15) is 0 Å². The molecule has 3 rings (SSSR count). The van der Waals surface area contributed by atoms with Crippen LogP contribution in [-0.4, -0.2) is 15.3 Å². The third-order valence-electron chi connectivity index (χ3n) is 4.04. The van der Waals surface area contributed by atoms with Crippen molar-refractivity contribution in [2.24, 2.45) is 7.05 Å². The number of ketones is 1. The summed E-state index contributed by atoms with van der Waals surface area (Å²) in [5.41, 5.74) is 1.77. The van der Waals surface area contributed by atoms with Gasteiger partial charge in [0.2, 0.25) is 5.56 Å². The Balaban J connectivity index is 1.71. The number of benzene rings is 1. The summed E-state index contributed by atoms with van der Waals surface area (Å²) < 4.78 is 28.3. The van der Waals surface area contributed by atoms with Gasteiger partial charge in [0.05, 0.1) is 6.42 Å². The maximum atomic E-state index is 13.7. The average Bonchev–Trinajstić information content (AvgIpc) is 2.62. The van der Waals surface area contributed by atoms with Crippen molar-refractivity contribution in [2.45, 2.75) is 12.8 Å². The second-order valence-corrected chi connectivity index (χ2v) is 6.04. The van der Waals surface area contributed by atoms with E-state index < -0.39 is 11.6 Å². The Morgan fingerprint density at radius 1 is 1.12 bits per heavy atom. The van der Waals surface area contributed by atoms with E-state index in [1.807, 2.05) is 0 Å². The number of halogens is 2. The molecule has 0 saturated heterocycles. The van der Waals surface area contributed by atoms with Gasteiger partial charge in [-0.3, -0.25) is 14.6 Å². The van der Waals surface area contributed by atoms with E-state index in [0.717, 1.165) is 18.2 Å². The summed E-state index contributed by atoms with van der Waals surface area (Å²) in [5.74, 6) is -1.12. The highest BCUT2D eigenvalue weighted by molar-refractivity contribution is 5.96. The van der Waals surface area contributed by atoms with Crippen molar-refractivity contribution in [2.75, 3.05) is 0 Å². The molecule has 0 aliphatic rings. The highest BCUT2D eigenvalue weighted by Crippen LogP contribution is 2.15. The van der Waals surface area contributed by atoms with Crippen molar-refractivity contribution >= 4 is 5.78 Å². The zero-order valence-electron chi connectivity index (χ0n) is 14.1. The van der Waals surface area contributed by atoms with Gasteiger partial charge in [0.25, 0.3) is 0 Å². The summed E-state index contributed by atoms with van der Waals surface area (Å²) in [5, 5.41) is 0. The minimum absolute atomic E-state index is 0.0901. The first-order valence-electron chi connectivity index (χ1n) is 8.00. The van der Waals surface area contributed by atoms with Crippen molar-refractivity contribution in [3.63, 3.8) is 0 Å². The average molecular weight is 354 g/mol. The summed E-state index contributed by atoms with van der Waals surface area (Å²) in [4.78, 5) is 27.9. The normalized spacial score (nSPS) is 10.7. The van der Waals surface area contributed by atoms with Gasteiger partial charge < -0.3 is 4.57 Å². The predicted molar refractivity (Wildman–Crippen MR) is 93.1 cm³/mol. The van der Waals surface area contributed by atoms with Gasteiger partial charge in [-0.25, -0.2) is 8.78 Å². The molecule has 2 heterocycles. The van der Waals surface area contributed by atoms with E-state index in [1.54, 1.807) is 25.4 Å². The lowest BCUT2D eigenvalue weighted by molar-refractivity contribution is 0.0991. The molecule has 0 aliphatic carbocycles. The number of aromatic nitrogens is 2. The van der Waals surface area contributed by atoms with Crippen molar-refractivity contribution < 1.29 is 13.6 Å². The maximum absolute atomic E-state index is 13.7. The molecule has 0 saturated carbocycles. The number of Topliss-reactive ketones (excluding diaryl/α,β-unsaturated/α-hetero) is 1. The molecule has 2 aromatic heterocycles. The van der Waals surface area contributed by atoms with Crippen LogP contribution in [0.1, 0.15) is 27.2 Å². The smallest absolute Gasteiger partial charge is 0.250 e. The fraction of sp³-hybridized carbons (Fsp3) is 0.150. The minimum atomic E-state index is -0.492. The molecule has 0 spiro atoms. The maximum Gasteiger partial charge on any atom is 0.250 e. The molecule has 0 atom stereocenters. The summed E-state index contributed by atoms with van der Waals surface area (Å²) in [7, 11) is 1.58. The van der Waals surface area contributed by atoms with Gasteiger partial charge in [-0.05, 0) is 41.5 Å². The van der Waals surface area contributed by atoms with E-state index in [9.17, 15) is 18.4 Å². The van der Waals surface area contributed by atoms with E-state index in [1.165, 1.54) is 22.9 Å². The molecular weight excluding hydrogens is 338 g/mol. The van der Waals surface area contributed by atoms with Crippen LogP contribution in [0.2, 0.25) is 0 Å². The van der Waals surface area contributed by atoms with Crippen LogP contribution in [0.3, 0.4) is 0 Å². The zero-order valence-corrected chi connectivity index (χ0v) is 14.1. The minimum Gasteiger partial charge on any atom is -0.318 e. The Labute approximate surface area is 148 Å². The molecule has 0 aliphatic heterocycles. The topological polar surface area (TPSA) is 52.0 Å². The number of hydrogen-bond acceptors (Lipinski definition) is 3. The van der Waals surface area contributed by atoms with Gasteiger partial charge in [0.15, 0.2) is 5.78 Å². The first-order chi connectivity index (χ1) is 12.4. The molecule has 0 N–H and O–H groups in total. The molecular formula is C20H16F2N2O2. The highest BCUT2D eigenvalue weighted by Gasteiger charge is 2.10. The van der Waals surface area contributed by atoms with Crippen molar-refractivity contribution in [3.05, 3.63) is 99.2 Å². The monoisotopic (exact) mass is 354 g/mol. The lowest BCUT2D eigenvalue weighted by Crippen LogP contribution is -2.17. The molecule has 26 heavy (non-hydrogen) atoms. The van der Waals surface area contributed by atoms with E-state index in [4.69, 9.17) is 0 Å². The van der Waals surface area contributed by atoms with Gasteiger partial charge in [0, 0.05) is 43.2 Å². The quantitative estimate of drug-likeness (QED) is 0.662. The fourth-order valence-electron chi connectivity index (χ4n) is 2.59. The SMILES string of the molecule is Cn1cc(C(=O)Cc2ccc(Cc3cc(F)ccc3F)cn2)ccc1=O. The molecule has 0 unspecified atom stereocenters. The number of carbonyl (C=O) groups excluding carboxylic acids is 1. The number of hydrogen-bond donors (Lipinski definition) is 0.